The highest BCUT2D eigenvalue weighted by Gasteiger charge is 2.45. The maximum absolute atomic E-state index is 15.3. The lowest BCUT2D eigenvalue weighted by atomic mass is 9.85. The zero-order chi connectivity index (χ0) is 80.7. The first kappa shape index (κ1) is 93.1. The van der Waals surface area contributed by atoms with Crippen LogP contribution in [0, 0.1) is 29.6 Å². The molecule has 1 aromatic heterocycles. The highest BCUT2D eigenvalue weighted by atomic mass is 32.2. The Labute approximate surface area is 644 Å². The number of hydrogen-bond acceptors (Lipinski definition) is 29. The van der Waals surface area contributed by atoms with E-state index in [1.54, 1.807) is 13.8 Å². The standard InChI is InChI=1S/C70H112N12O26S2/c1-5-42(2)50-31-47(84)35-75-64(92)45-29-51-49-6-7-56(86)52(40-109-27-26-108-25-24-107-23-22-106-21-20-105-19-18-104-17-16-103-15-14-102-13-12-101-11-10-100-9-8-81(73)37-46(71)34-74-60(90)28-43(3)70(97)98)63(49)80-68(51)110(99)41-54(77-61(91)36-76-65(50)93)66(94)78-53(33-59(72)89)69(96)82-38-48(85)32-55(82)67(95)79-62(57(87)30-45)44(4)58(88)39-83/h6-7,37,42-45,48,50,53-55,58,62,80,83,85-86,88H,5,8-36,38-41,71,73H2,1-4H3,(H2,72,89)(H,74,90)(H,75,92)(H,76,93)(H,77,91)(H,78,94)(H,79,95)(H,97,98)/b46-37-/t42-,43?,44-,45+,48+,50-,53-,54?,55-,58-,62-,110?/m0/s1. The van der Waals surface area contributed by atoms with Crippen molar-refractivity contribution in [3.05, 3.63) is 35.2 Å². The molecule has 620 valence electrons. The Morgan fingerprint density at radius 3 is 1.86 bits per heavy atom. The number of hydrogen-bond donors (Lipinski definition) is 15. The van der Waals surface area contributed by atoms with Gasteiger partial charge in [-0.25, -0.2) is 5.84 Å². The lowest BCUT2D eigenvalue weighted by molar-refractivity contribution is -0.144. The van der Waals surface area contributed by atoms with E-state index in [1.807, 2.05) is 0 Å². The molecule has 38 nitrogen and oxygen atoms in total. The van der Waals surface area contributed by atoms with Crippen LogP contribution in [0.4, 0.5) is 0 Å². The molecule has 2 bridgehead atoms. The van der Waals surface area contributed by atoms with E-state index in [-0.39, 0.29) is 65.8 Å². The molecule has 12 atom stereocenters. The number of carboxylic acids is 1. The fourth-order valence-electron chi connectivity index (χ4n) is 11.8. The summed E-state index contributed by atoms with van der Waals surface area (Å²) in [6.45, 7) is 9.86. The molecule has 8 amide bonds. The first-order valence-corrected chi connectivity index (χ1v) is 39.1. The number of nitrogens with zero attached hydrogens (tertiary/aromatic N) is 2. The number of carbonyl (C=O) groups excluding carboxylic acids is 10. The van der Waals surface area contributed by atoms with Crippen LogP contribution < -0.4 is 49.2 Å². The predicted molar refractivity (Wildman–Crippen MR) is 396 cm³/mol. The fourth-order valence-corrected chi connectivity index (χ4v) is 14.1. The van der Waals surface area contributed by atoms with Crippen LogP contribution in [0.3, 0.4) is 0 Å². The molecule has 1 aromatic carbocycles. The fraction of sp³-hybridized carbons (Fsp3) is 0.700. The van der Waals surface area contributed by atoms with Gasteiger partial charge in [-0.2, -0.15) is 11.8 Å². The molecule has 40 heteroatoms. The number of aromatic nitrogens is 1. The number of nitrogens with one attached hydrogen (secondary N) is 7. The Morgan fingerprint density at radius 1 is 0.745 bits per heavy atom. The summed E-state index contributed by atoms with van der Waals surface area (Å²) < 4.78 is 65.5. The van der Waals surface area contributed by atoms with Crippen LogP contribution in [-0.2, 0) is 118 Å². The molecular weight excluding hydrogens is 1490 g/mol. The van der Waals surface area contributed by atoms with Gasteiger partial charge in [-0.3, -0.25) is 56.9 Å². The Morgan fingerprint density at radius 2 is 1.31 bits per heavy atom. The molecule has 1 fully saturated rings. The summed E-state index contributed by atoms with van der Waals surface area (Å²) in [5, 5.41) is 69.0. The second kappa shape index (κ2) is 50.4. The van der Waals surface area contributed by atoms with Crippen LogP contribution >= 0.6 is 11.8 Å². The van der Waals surface area contributed by atoms with Crippen molar-refractivity contribution in [2.45, 2.75) is 120 Å². The van der Waals surface area contributed by atoms with Gasteiger partial charge < -0.3 is 126 Å². The number of thioether (sulfide) groups is 1. The molecule has 3 aliphatic rings. The highest BCUT2D eigenvalue weighted by molar-refractivity contribution is 7.98. The first-order chi connectivity index (χ1) is 52.6. The molecule has 110 heavy (non-hydrogen) atoms. The molecule has 4 heterocycles. The number of aliphatic hydroxyl groups is 3. The van der Waals surface area contributed by atoms with Crippen LogP contribution in [-0.4, -0.2) is 316 Å². The Hall–Kier alpha value is -7.55. The van der Waals surface area contributed by atoms with Crippen molar-refractivity contribution in [1.82, 2.24) is 46.8 Å². The number of H-pyrrole nitrogens is 1. The Bertz CT molecular complexity index is 3370. The number of carbonyl (C=O) groups is 11. The van der Waals surface area contributed by atoms with Crippen molar-refractivity contribution in [3.8, 4) is 5.75 Å². The summed E-state index contributed by atoms with van der Waals surface area (Å²) >= 11 is 1.35. The van der Waals surface area contributed by atoms with Gasteiger partial charge in [0.15, 0.2) is 11.6 Å². The zero-order valence-corrected chi connectivity index (χ0v) is 64.5. The van der Waals surface area contributed by atoms with Crippen LogP contribution in [0.2, 0.25) is 0 Å². The number of rotatable bonds is 45. The minimum atomic E-state index is -2.45. The van der Waals surface area contributed by atoms with Gasteiger partial charge in [0.05, 0.1) is 204 Å². The first-order valence-electron chi connectivity index (χ1n) is 36.7. The number of amides is 8. The minimum absolute atomic E-state index is 0.0250. The van der Waals surface area contributed by atoms with Crippen molar-refractivity contribution in [2.24, 2.45) is 46.9 Å². The second-order valence-electron chi connectivity index (χ2n) is 26.7. The van der Waals surface area contributed by atoms with Crippen molar-refractivity contribution in [1.29, 1.82) is 0 Å². The van der Waals surface area contributed by atoms with Crippen molar-refractivity contribution < 1.29 is 125 Å². The number of phenols is 1. The summed E-state index contributed by atoms with van der Waals surface area (Å²) in [6.07, 6.45) is -4.23. The van der Waals surface area contributed by atoms with Gasteiger partial charge in [0.25, 0.3) is 0 Å². The molecule has 5 rings (SSSR count). The molecular formula is C70H112N12O26S2. The minimum Gasteiger partial charge on any atom is -0.508 e. The van der Waals surface area contributed by atoms with E-state index in [2.05, 4.69) is 36.9 Å². The molecule has 0 spiro atoms. The summed E-state index contributed by atoms with van der Waals surface area (Å²) in [5.41, 5.74) is 12.4. The third kappa shape index (κ3) is 32.6. The van der Waals surface area contributed by atoms with E-state index in [4.69, 9.17) is 65.0 Å². The number of aromatic amines is 1. The molecule has 1 saturated heterocycles. The number of phenolic OH excluding ortho intramolecular Hbond substituents is 1. The monoisotopic (exact) mass is 1600 g/mol. The van der Waals surface area contributed by atoms with Gasteiger partial charge in [-0.05, 0) is 30.0 Å². The zero-order valence-electron chi connectivity index (χ0n) is 62.9. The largest absolute Gasteiger partial charge is 0.508 e. The van der Waals surface area contributed by atoms with Crippen LogP contribution in [0.5, 0.6) is 5.75 Å². The van der Waals surface area contributed by atoms with Gasteiger partial charge in [0.1, 0.15) is 28.9 Å². The molecule has 0 radical (unpaired) electrons. The number of benzene rings is 1. The smallest absolute Gasteiger partial charge is 0.306 e. The molecule has 0 aliphatic carbocycles. The topological polar surface area (TPSA) is 562 Å². The number of primary amides is 1. The number of aliphatic carboxylic acids is 1. The summed E-state index contributed by atoms with van der Waals surface area (Å²) in [7, 11) is -2.45. The van der Waals surface area contributed by atoms with E-state index in [0.29, 0.717) is 129 Å². The molecule has 3 aliphatic heterocycles. The molecule has 0 saturated carbocycles. The van der Waals surface area contributed by atoms with Gasteiger partial charge >= 0.3 is 5.97 Å². The summed E-state index contributed by atoms with van der Waals surface area (Å²) in [4.78, 5) is 154. The number of aromatic hydroxyl groups is 1. The number of nitrogens with two attached hydrogens (primary N) is 3. The lowest BCUT2D eigenvalue weighted by Crippen LogP contribution is -2.60. The highest BCUT2D eigenvalue weighted by Crippen LogP contribution is 2.37. The van der Waals surface area contributed by atoms with E-state index < -0.39 is 206 Å². The molecule has 2 aromatic rings. The Balaban J connectivity index is 1.10. The number of aliphatic hydroxyl groups excluding tert-OH is 3. The number of ether oxygens (including phenoxy) is 9. The summed E-state index contributed by atoms with van der Waals surface area (Å²) in [5.74, 6) is -9.66. The van der Waals surface area contributed by atoms with Crippen LogP contribution in [0.1, 0.15) is 77.3 Å². The maximum Gasteiger partial charge on any atom is 0.306 e. The number of Topliss-reactive ketones (excluding diaryl/α,β-unsaturated/α-hetero) is 2. The third-order valence-electron chi connectivity index (χ3n) is 18.3. The molecule has 3 unspecified atom stereocenters. The number of hydrazine groups is 1. The van der Waals surface area contributed by atoms with Crippen LogP contribution in [0.15, 0.2) is 29.1 Å². The van der Waals surface area contributed by atoms with E-state index in [1.165, 1.54) is 49.0 Å². The van der Waals surface area contributed by atoms with Gasteiger partial charge in [0, 0.05) is 84.3 Å². The number of ketones is 2. The average Bonchev–Trinajstić information content (AvgIpc) is 1.61. The maximum atomic E-state index is 15.3. The van der Waals surface area contributed by atoms with Crippen molar-refractivity contribution >= 4 is 98.3 Å². The number of fused-ring (bicyclic) bond motifs is 5. The van der Waals surface area contributed by atoms with Gasteiger partial charge in [-0.15, -0.1) is 0 Å². The Kier molecular flexibility index (Phi) is 42.7. The van der Waals surface area contributed by atoms with E-state index in [9.17, 15) is 73.2 Å². The van der Waals surface area contributed by atoms with Gasteiger partial charge in [-0.1, -0.05) is 34.1 Å². The quantitative estimate of drug-likeness (QED) is 0.0170. The third-order valence-corrected chi connectivity index (χ3v) is 20.7. The normalized spacial score (nSPS) is 22.1. The number of carboxylic acid groups (broad SMARTS) is 1. The van der Waals surface area contributed by atoms with Gasteiger partial charge in [0.2, 0.25) is 47.3 Å². The van der Waals surface area contributed by atoms with Crippen LogP contribution in [0.25, 0.3) is 10.9 Å². The SMILES string of the molecule is CC[C@H](C)[C@@H]1CC(=O)CNC(=O)[C@H]2CC(=O)[C@H]([C@@H](C)[C@@H](O)CO)NC(=O)[C@@H]3C[C@@H](O)CN3C(=O)[C@H](CC(N)=O)NC(=O)C(CS(=O)c3[nH]c4c(CSCCOCCOCCOCCOCCOCCOCCOCCOCCOCCN(N)/C=C(\N)CNC(=O)CC(C)C(=O)O)c(O)ccc4c3C2)NC(=O)CNC1=O. The average molecular weight is 1600 g/mol. The van der Waals surface area contributed by atoms with Crippen molar-refractivity contribution in [2.75, 3.05) is 170 Å². The second-order valence-corrected chi connectivity index (χ2v) is 29.3. The summed E-state index contributed by atoms with van der Waals surface area (Å²) in [6, 6.07) is -4.18. The lowest BCUT2D eigenvalue weighted by Gasteiger charge is -2.32. The van der Waals surface area contributed by atoms with Crippen molar-refractivity contribution in [3.63, 3.8) is 0 Å². The van der Waals surface area contributed by atoms with E-state index >= 15 is 4.21 Å². The predicted octanol–water partition coefficient (Wildman–Crippen LogP) is -4.15. The molecule has 18 N–H and O–H groups in total. The van der Waals surface area contributed by atoms with E-state index in [0.717, 1.165) is 4.90 Å².